The van der Waals surface area contributed by atoms with Crippen LogP contribution < -0.4 is 0 Å². The van der Waals surface area contributed by atoms with E-state index in [1.807, 2.05) is 6.07 Å². The molecule has 12 heavy (non-hydrogen) atoms. The van der Waals surface area contributed by atoms with E-state index in [1.165, 1.54) is 0 Å². The summed E-state index contributed by atoms with van der Waals surface area (Å²) < 4.78 is 7.56. The highest BCUT2D eigenvalue weighted by atomic mass is 16.1. The molecule has 0 bridgehead atoms. The van der Waals surface area contributed by atoms with Crippen LogP contribution in [0.3, 0.4) is 0 Å². The van der Waals surface area contributed by atoms with Gasteiger partial charge in [0.1, 0.15) is 6.29 Å². The number of rotatable bonds is 1. The maximum Gasteiger partial charge on any atom is 0.150 e. The normalized spacial score (nSPS) is 12.4. The van der Waals surface area contributed by atoms with E-state index in [9.17, 15) is 4.79 Å². The smallest absolute Gasteiger partial charge is 0.150 e. The van der Waals surface area contributed by atoms with Gasteiger partial charge >= 0.3 is 0 Å². The summed E-state index contributed by atoms with van der Waals surface area (Å²) in [5, 5.41) is 0. The average Bonchev–Trinajstić information content (AvgIpc) is 2.02. The van der Waals surface area contributed by atoms with Crippen LogP contribution in [-0.4, -0.2) is 6.29 Å². The van der Waals surface area contributed by atoms with E-state index in [4.69, 9.17) is 1.37 Å². The lowest BCUT2D eigenvalue weighted by atomic mass is 9.87. The summed E-state index contributed by atoms with van der Waals surface area (Å²) >= 11 is 0. The Labute approximate surface area is 74.8 Å². The second kappa shape index (κ2) is 3.10. The fourth-order valence-electron chi connectivity index (χ4n) is 0.977. The van der Waals surface area contributed by atoms with Gasteiger partial charge in [0.2, 0.25) is 0 Å². The van der Waals surface area contributed by atoms with Crippen molar-refractivity contribution < 1.29 is 6.17 Å². The minimum absolute atomic E-state index is 0.0389. The maximum absolute atomic E-state index is 10.5. The largest absolute Gasteiger partial charge is 0.298 e. The molecule has 0 radical (unpaired) electrons. The monoisotopic (exact) mass is 163 g/mol. The SMILES string of the molecule is [2H]c1cc(C(C)(C)C)ccc1C=O. The van der Waals surface area contributed by atoms with E-state index in [0.717, 1.165) is 11.8 Å². The van der Waals surface area contributed by atoms with E-state index in [1.54, 1.807) is 12.1 Å². The first-order valence-electron chi connectivity index (χ1n) is 4.51. The van der Waals surface area contributed by atoms with Crippen LogP contribution in [0.15, 0.2) is 24.2 Å². The average molecular weight is 163 g/mol. The van der Waals surface area contributed by atoms with Crippen LogP contribution in [0, 0.1) is 0 Å². The lowest BCUT2D eigenvalue weighted by molar-refractivity contribution is 0.112. The standard InChI is InChI=1S/C11H14O/c1-11(2,3)10-6-4-9(8-12)5-7-10/h4-8H,1-3H3/i4D. The predicted molar refractivity (Wildman–Crippen MR) is 50.5 cm³/mol. The van der Waals surface area contributed by atoms with Crippen molar-refractivity contribution in [3.05, 3.63) is 35.4 Å². The molecular weight excluding hydrogens is 148 g/mol. The Morgan fingerprint density at radius 1 is 1.33 bits per heavy atom. The van der Waals surface area contributed by atoms with Crippen molar-refractivity contribution in [1.82, 2.24) is 0 Å². The highest BCUT2D eigenvalue weighted by molar-refractivity contribution is 5.74. The number of benzene rings is 1. The summed E-state index contributed by atoms with van der Waals surface area (Å²) in [6.07, 6.45) is 0.717. The Hall–Kier alpha value is -1.11. The van der Waals surface area contributed by atoms with Gasteiger partial charge in [-0.2, -0.15) is 0 Å². The Balaban J connectivity index is 3.17. The Morgan fingerprint density at radius 2 is 2.00 bits per heavy atom. The molecule has 1 aromatic carbocycles. The molecule has 0 aliphatic heterocycles. The van der Waals surface area contributed by atoms with Gasteiger partial charge in [0, 0.05) is 5.56 Å². The molecule has 1 rings (SSSR count). The van der Waals surface area contributed by atoms with Crippen LogP contribution in [0.2, 0.25) is 0 Å². The molecule has 1 aromatic rings. The highest BCUT2D eigenvalue weighted by Crippen LogP contribution is 2.21. The van der Waals surface area contributed by atoms with Crippen molar-refractivity contribution in [2.45, 2.75) is 26.2 Å². The molecule has 0 unspecified atom stereocenters. The molecule has 0 saturated carbocycles. The number of aldehydes is 1. The van der Waals surface area contributed by atoms with Crippen molar-refractivity contribution in [2.75, 3.05) is 0 Å². The van der Waals surface area contributed by atoms with E-state index in [-0.39, 0.29) is 5.41 Å². The Kier molecular flexibility index (Phi) is 1.94. The minimum Gasteiger partial charge on any atom is -0.298 e. The number of hydrogen-bond acceptors (Lipinski definition) is 1. The molecular formula is C11H14O. The fourth-order valence-corrected chi connectivity index (χ4v) is 0.977. The summed E-state index contributed by atoms with van der Waals surface area (Å²) in [4.78, 5) is 10.5. The van der Waals surface area contributed by atoms with Crippen molar-refractivity contribution in [1.29, 1.82) is 0 Å². The van der Waals surface area contributed by atoms with Crippen molar-refractivity contribution in [3.8, 4) is 0 Å². The molecule has 0 atom stereocenters. The Morgan fingerprint density at radius 3 is 2.42 bits per heavy atom. The zero-order valence-electron chi connectivity index (χ0n) is 8.72. The first kappa shape index (κ1) is 7.53. The fraction of sp³-hybridized carbons (Fsp3) is 0.364. The van der Waals surface area contributed by atoms with Crippen LogP contribution in [0.4, 0.5) is 0 Å². The molecule has 0 saturated heterocycles. The van der Waals surface area contributed by atoms with E-state index >= 15 is 0 Å². The van der Waals surface area contributed by atoms with E-state index < -0.39 is 0 Å². The second-order valence-electron chi connectivity index (χ2n) is 3.90. The molecule has 0 heterocycles. The molecule has 0 spiro atoms. The number of carbonyl (C=O) groups is 1. The summed E-state index contributed by atoms with van der Waals surface area (Å²) in [7, 11) is 0. The lowest BCUT2D eigenvalue weighted by Gasteiger charge is -2.18. The van der Waals surface area contributed by atoms with Gasteiger partial charge in [-0.05, 0) is 11.0 Å². The molecule has 0 amide bonds. The Bertz CT molecular complexity index is 323. The van der Waals surface area contributed by atoms with Crippen LogP contribution in [-0.2, 0) is 5.41 Å². The van der Waals surface area contributed by atoms with Crippen LogP contribution in [0.1, 0.15) is 38.1 Å². The molecule has 0 aliphatic rings. The summed E-state index contributed by atoms with van der Waals surface area (Å²) in [6, 6.07) is 5.67. The molecule has 0 fully saturated rings. The third kappa shape index (κ3) is 1.94. The van der Waals surface area contributed by atoms with Gasteiger partial charge in [-0.15, -0.1) is 0 Å². The van der Waals surface area contributed by atoms with Gasteiger partial charge in [-0.1, -0.05) is 45.0 Å². The number of carbonyl (C=O) groups excluding carboxylic acids is 1. The topological polar surface area (TPSA) is 17.1 Å². The first-order chi connectivity index (χ1) is 5.95. The zero-order chi connectivity index (χ0) is 10.1. The van der Waals surface area contributed by atoms with Crippen molar-refractivity contribution in [3.63, 3.8) is 0 Å². The molecule has 1 heteroatoms. The van der Waals surface area contributed by atoms with Crippen LogP contribution in [0.25, 0.3) is 0 Å². The molecule has 0 aromatic heterocycles. The molecule has 0 N–H and O–H groups in total. The molecule has 1 nitrogen and oxygen atoms in total. The minimum atomic E-state index is 0.0389. The van der Waals surface area contributed by atoms with Gasteiger partial charge in [0.25, 0.3) is 0 Å². The zero-order valence-corrected chi connectivity index (χ0v) is 7.72. The van der Waals surface area contributed by atoms with Gasteiger partial charge in [0.15, 0.2) is 0 Å². The van der Waals surface area contributed by atoms with Gasteiger partial charge in [-0.25, -0.2) is 0 Å². The van der Waals surface area contributed by atoms with Gasteiger partial charge < -0.3 is 0 Å². The highest BCUT2D eigenvalue weighted by Gasteiger charge is 2.12. The first-order valence-corrected chi connectivity index (χ1v) is 4.01. The summed E-state index contributed by atoms with van der Waals surface area (Å²) in [5.74, 6) is 0. The van der Waals surface area contributed by atoms with Gasteiger partial charge in [-0.3, -0.25) is 4.79 Å². The third-order valence-electron chi connectivity index (χ3n) is 1.83. The quantitative estimate of drug-likeness (QED) is 0.582. The molecule has 64 valence electrons. The molecule has 0 aliphatic carbocycles. The van der Waals surface area contributed by atoms with Crippen molar-refractivity contribution >= 4 is 6.29 Å². The van der Waals surface area contributed by atoms with Crippen molar-refractivity contribution in [2.24, 2.45) is 0 Å². The lowest BCUT2D eigenvalue weighted by Crippen LogP contribution is -2.10. The van der Waals surface area contributed by atoms with Crippen LogP contribution in [0.5, 0.6) is 0 Å². The predicted octanol–water partition coefficient (Wildman–Crippen LogP) is 2.80. The van der Waals surface area contributed by atoms with Gasteiger partial charge in [0.05, 0.1) is 1.37 Å². The maximum atomic E-state index is 10.5. The summed E-state index contributed by atoms with van der Waals surface area (Å²) in [5.41, 5.74) is 1.58. The van der Waals surface area contributed by atoms with Crippen LogP contribution >= 0.6 is 0 Å². The summed E-state index contributed by atoms with van der Waals surface area (Å²) in [6.45, 7) is 6.26. The number of hydrogen-bond donors (Lipinski definition) is 0. The third-order valence-corrected chi connectivity index (χ3v) is 1.83. The van der Waals surface area contributed by atoms with E-state index in [2.05, 4.69) is 20.8 Å². The van der Waals surface area contributed by atoms with E-state index in [0.29, 0.717) is 11.6 Å². The second-order valence-corrected chi connectivity index (χ2v) is 3.90.